The number of benzene rings is 2. The molecule has 0 saturated carbocycles. The zero-order valence-corrected chi connectivity index (χ0v) is 15.2. The SMILES string of the molecule is C1CO1.COc1ccc(C(C)(C)c2ccc(OCC3CO3)cc2)cc1. The van der Waals surface area contributed by atoms with E-state index in [2.05, 4.69) is 42.8 Å². The second-order valence-corrected chi connectivity index (χ2v) is 6.76. The second-order valence-electron chi connectivity index (χ2n) is 6.76. The van der Waals surface area contributed by atoms with Gasteiger partial charge in [0, 0.05) is 5.41 Å². The summed E-state index contributed by atoms with van der Waals surface area (Å²) in [5.74, 6) is 1.77. The standard InChI is InChI=1S/C19H22O3.C2H4O/c1-19(2,14-4-8-16(20-3)9-5-14)15-6-10-17(11-7-15)21-12-18-13-22-18;1-2-3-1/h4-11,18H,12-13H2,1-3H3;1-2H2. The van der Waals surface area contributed by atoms with Gasteiger partial charge < -0.3 is 18.9 Å². The molecule has 4 nitrogen and oxygen atoms in total. The Morgan fingerprint density at radius 3 is 1.80 bits per heavy atom. The summed E-state index contributed by atoms with van der Waals surface area (Å²) in [6.45, 7) is 7.91. The second kappa shape index (κ2) is 7.89. The Bertz CT molecular complexity index is 653. The highest BCUT2D eigenvalue weighted by Crippen LogP contribution is 2.33. The molecule has 0 aliphatic carbocycles. The summed E-state index contributed by atoms with van der Waals surface area (Å²) < 4.78 is 20.6. The zero-order chi connectivity index (χ0) is 17.7. The zero-order valence-electron chi connectivity index (χ0n) is 15.2. The average Bonchev–Trinajstić information content (AvgIpc) is 3.52. The first kappa shape index (κ1) is 17.8. The van der Waals surface area contributed by atoms with Crippen LogP contribution in [0.4, 0.5) is 0 Å². The minimum Gasteiger partial charge on any atom is -0.497 e. The molecule has 4 rings (SSSR count). The molecule has 0 spiro atoms. The Morgan fingerprint density at radius 1 is 0.920 bits per heavy atom. The molecule has 2 aliphatic heterocycles. The van der Waals surface area contributed by atoms with Gasteiger partial charge in [-0.15, -0.1) is 0 Å². The molecule has 1 unspecified atom stereocenters. The monoisotopic (exact) mass is 342 g/mol. The fourth-order valence-corrected chi connectivity index (χ4v) is 2.50. The molecule has 2 saturated heterocycles. The highest BCUT2D eigenvalue weighted by atomic mass is 16.6. The summed E-state index contributed by atoms with van der Waals surface area (Å²) in [4.78, 5) is 0. The summed E-state index contributed by atoms with van der Waals surface area (Å²) in [7, 11) is 1.69. The smallest absolute Gasteiger partial charge is 0.119 e. The van der Waals surface area contributed by atoms with Gasteiger partial charge in [0.15, 0.2) is 0 Å². The van der Waals surface area contributed by atoms with Crippen LogP contribution in [-0.4, -0.2) is 39.6 Å². The quantitative estimate of drug-likeness (QED) is 0.749. The molecule has 2 aliphatic rings. The van der Waals surface area contributed by atoms with E-state index < -0.39 is 0 Å². The molecule has 0 N–H and O–H groups in total. The van der Waals surface area contributed by atoms with Crippen LogP contribution < -0.4 is 9.47 Å². The van der Waals surface area contributed by atoms with Gasteiger partial charge in [0.2, 0.25) is 0 Å². The molecule has 2 fully saturated rings. The van der Waals surface area contributed by atoms with E-state index in [0.29, 0.717) is 6.61 Å². The summed E-state index contributed by atoms with van der Waals surface area (Å²) in [6, 6.07) is 16.6. The highest BCUT2D eigenvalue weighted by molar-refractivity contribution is 5.41. The van der Waals surface area contributed by atoms with Gasteiger partial charge in [0.05, 0.1) is 26.9 Å². The van der Waals surface area contributed by atoms with Crippen molar-refractivity contribution < 1.29 is 18.9 Å². The maximum Gasteiger partial charge on any atom is 0.119 e. The molecule has 0 bridgehead atoms. The Labute approximate surface area is 149 Å². The predicted molar refractivity (Wildman–Crippen MR) is 97.6 cm³/mol. The normalized spacial score (nSPS) is 18.0. The van der Waals surface area contributed by atoms with E-state index in [1.54, 1.807) is 7.11 Å². The topological polar surface area (TPSA) is 43.5 Å². The summed E-state index contributed by atoms with van der Waals surface area (Å²) in [5.41, 5.74) is 2.45. The Kier molecular flexibility index (Phi) is 5.61. The Balaban J connectivity index is 0.000000549. The molecule has 2 aromatic rings. The van der Waals surface area contributed by atoms with Crippen LogP contribution in [0.25, 0.3) is 0 Å². The van der Waals surface area contributed by atoms with Gasteiger partial charge in [-0.25, -0.2) is 0 Å². The molecule has 4 heteroatoms. The van der Waals surface area contributed by atoms with Gasteiger partial charge in [-0.1, -0.05) is 38.1 Å². The van der Waals surface area contributed by atoms with Crippen LogP contribution in [0.1, 0.15) is 25.0 Å². The Morgan fingerprint density at radius 2 is 1.40 bits per heavy atom. The first-order valence-corrected chi connectivity index (χ1v) is 8.67. The summed E-state index contributed by atoms with van der Waals surface area (Å²) in [6.07, 6.45) is 0.287. The van der Waals surface area contributed by atoms with Crippen LogP contribution >= 0.6 is 0 Å². The van der Waals surface area contributed by atoms with Gasteiger partial charge in [0.25, 0.3) is 0 Å². The average molecular weight is 342 g/mol. The summed E-state index contributed by atoms with van der Waals surface area (Å²) >= 11 is 0. The largest absolute Gasteiger partial charge is 0.497 e. The van der Waals surface area contributed by atoms with Gasteiger partial charge in [-0.2, -0.15) is 0 Å². The number of hydrogen-bond donors (Lipinski definition) is 0. The molecular weight excluding hydrogens is 316 g/mol. The van der Waals surface area contributed by atoms with Crippen LogP contribution in [-0.2, 0) is 14.9 Å². The minimum absolute atomic E-state index is 0.0651. The minimum atomic E-state index is -0.0651. The maximum atomic E-state index is 5.69. The number of methoxy groups -OCH3 is 1. The first-order chi connectivity index (χ1) is 12.1. The number of hydrogen-bond acceptors (Lipinski definition) is 4. The molecule has 0 aromatic heterocycles. The van der Waals surface area contributed by atoms with E-state index in [9.17, 15) is 0 Å². The fraction of sp³-hybridized carbons (Fsp3) is 0.429. The van der Waals surface area contributed by atoms with Crippen LogP contribution in [0, 0.1) is 0 Å². The van der Waals surface area contributed by atoms with E-state index >= 15 is 0 Å². The van der Waals surface area contributed by atoms with Crippen molar-refractivity contribution in [3.8, 4) is 11.5 Å². The van der Waals surface area contributed by atoms with E-state index in [1.807, 2.05) is 24.3 Å². The van der Waals surface area contributed by atoms with Crippen molar-refractivity contribution >= 4 is 0 Å². The number of epoxide rings is 2. The van der Waals surface area contributed by atoms with Crippen LogP contribution in [0.2, 0.25) is 0 Å². The molecule has 25 heavy (non-hydrogen) atoms. The lowest BCUT2D eigenvalue weighted by Gasteiger charge is -2.26. The highest BCUT2D eigenvalue weighted by Gasteiger charge is 2.24. The summed E-state index contributed by atoms with van der Waals surface area (Å²) in [5, 5.41) is 0. The van der Waals surface area contributed by atoms with E-state index in [1.165, 1.54) is 11.1 Å². The van der Waals surface area contributed by atoms with E-state index in [-0.39, 0.29) is 11.5 Å². The van der Waals surface area contributed by atoms with Crippen molar-refractivity contribution in [2.24, 2.45) is 0 Å². The number of rotatable bonds is 6. The third-order valence-electron chi connectivity index (χ3n) is 4.43. The third-order valence-corrected chi connectivity index (χ3v) is 4.43. The van der Waals surface area contributed by atoms with Crippen LogP contribution in [0.3, 0.4) is 0 Å². The van der Waals surface area contributed by atoms with E-state index in [0.717, 1.165) is 31.3 Å². The molecule has 0 radical (unpaired) electrons. The lowest BCUT2D eigenvalue weighted by Crippen LogP contribution is -2.18. The fourth-order valence-electron chi connectivity index (χ4n) is 2.50. The van der Waals surface area contributed by atoms with Gasteiger partial charge in [-0.05, 0) is 35.4 Å². The molecule has 2 aromatic carbocycles. The molecule has 0 amide bonds. The molecular formula is C21H26O4. The lowest BCUT2D eigenvalue weighted by atomic mass is 9.78. The molecule has 2 heterocycles. The van der Waals surface area contributed by atoms with Crippen molar-refractivity contribution in [3.63, 3.8) is 0 Å². The van der Waals surface area contributed by atoms with E-state index in [4.69, 9.17) is 14.2 Å². The van der Waals surface area contributed by atoms with Gasteiger partial charge in [-0.3, -0.25) is 0 Å². The van der Waals surface area contributed by atoms with Crippen molar-refractivity contribution in [1.82, 2.24) is 0 Å². The molecule has 1 atom stereocenters. The van der Waals surface area contributed by atoms with Gasteiger partial charge in [0.1, 0.15) is 24.2 Å². The first-order valence-electron chi connectivity index (χ1n) is 8.67. The lowest BCUT2D eigenvalue weighted by molar-refractivity contribution is 0.263. The predicted octanol–water partition coefficient (Wildman–Crippen LogP) is 3.82. The van der Waals surface area contributed by atoms with Crippen molar-refractivity contribution in [3.05, 3.63) is 59.7 Å². The number of ether oxygens (including phenoxy) is 4. The Hall–Kier alpha value is -2.04. The van der Waals surface area contributed by atoms with Crippen molar-refractivity contribution in [2.75, 3.05) is 33.5 Å². The van der Waals surface area contributed by atoms with Crippen LogP contribution in [0.5, 0.6) is 11.5 Å². The maximum absolute atomic E-state index is 5.69. The third kappa shape index (κ3) is 5.21. The van der Waals surface area contributed by atoms with Crippen molar-refractivity contribution in [2.45, 2.75) is 25.4 Å². The molecule has 134 valence electrons. The van der Waals surface area contributed by atoms with Gasteiger partial charge >= 0.3 is 0 Å². The van der Waals surface area contributed by atoms with Crippen molar-refractivity contribution in [1.29, 1.82) is 0 Å². The van der Waals surface area contributed by atoms with Crippen LogP contribution in [0.15, 0.2) is 48.5 Å².